The fourth-order valence-electron chi connectivity index (χ4n) is 2.85. The lowest BCUT2D eigenvalue weighted by molar-refractivity contribution is 0.567. The third-order valence-electron chi connectivity index (χ3n) is 4.19. The Hall–Kier alpha value is -0.780. The van der Waals surface area contributed by atoms with Gasteiger partial charge in [-0.05, 0) is 37.5 Å². The number of benzene rings is 1. The Kier molecular flexibility index (Phi) is 4.17. The van der Waals surface area contributed by atoms with Crippen molar-refractivity contribution in [3.63, 3.8) is 0 Å². The monoisotopic (exact) mass is 328 g/mol. The normalized spacial score (nSPS) is 25.0. The molecular weight excluding hydrogens is 308 g/mol. The number of rotatable bonds is 4. The summed E-state index contributed by atoms with van der Waals surface area (Å²) in [5, 5.41) is 4.21. The average Bonchev–Trinajstić information content (AvgIpc) is 3.20. The van der Waals surface area contributed by atoms with Crippen molar-refractivity contribution in [2.24, 2.45) is 0 Å². The molecule has 1 saturated carbocycles. The highest BCUT2D eigenvalue weighted by Gasteiger charge is 2.29. The van der Waals surface area contributed by atoms with Gasteiger partial charge >= 0.3 is 0 Å². The molecule has 2 aliphatic rings. The van der Waals surface area contributed by atoms with Gasteiger partial charge < -0.3 is 10.2 Å². The molecule has 0 radical (unpaired) electrons. The highest BCUT2D eigenvalue weighted by atomic mass is 35.5. The third-order valence-corrected chi connectivity index (χ3v) is 6.22. The van der Waals surface area contributed by atoms with E-state index in [4.69, 9.17) is 11.6 Å². The minimum atomic E-state index is -2.90. The second kappa shape index (κ2) is 5.78. The van der Waals surface area contributed by atoms with E-state index in [9.17, 15) is 8.42 Å². The molecule has 0 aromatic heterocycles. The van der Waals surface area contributed by atoms with E-state index in [1.54, 1.807) is 0 Å². The number of nitrogens with zero attached hydrogens (tertiary/aromatic N) is 1. The van der Waals surface area contributed by atoms with Gasteiger partial charge in [-0.2, -0.15) is 0 Å². The molecule has 0 bridgehead atoms. The van der Waals surface area contributed by atoms with Crippen LogP contribution in [0.2, 0.25) is 5.02 Å². The van der Waals surface area contributed by atoms with Crippen LogP contribution in [0.1, 0.15) is 25.3 Å². The van der Waals surface area contributed by atoms with E-state index in [-0.39, 0.29) is 17.5 Å². The van der Waals surface area contributed by atoms with Gasteiger partial charge in [0.25, 0.3) is 0 Å². The standard InChI is InChI=1S/C15H21ClN2O2S/c1-11-10-21(19,20)7-6-18(11)15-8-13(16)3-2-12(15)9-17-14-4-5-14/h2-3,8,11,14,17H,4-7,9-10H2,1H3. The van der Waals surface area contributed by atoms with Crippen LogP contribution in [-0.4, -0.2) is 38.6 Å². The first kappa shape index (κ1) is 15.1. The lowest BCUT2D eigenvalue weighted by Crippen LogP contribution is -2.47. The molecule has 21 heavy (non-hydrogen) atoms. The summed E-state index contributed by atoms with van der Waals surface area (Å²) in [6, 6.07) is 6.54. The van der Waals surface area contributed by atoms with Crippen LogP contribution >= 0.6 is 11.6 Å². The largest absolute Gasteiger partial charge is 0.366 e. The Labute approximate surface area is 131 Å². The number of hydrogen-bond donors (Lipinski definition) is 1. The van der Waals surface area contributed by atoms with Crippen molar-refractivity contribution < 1.29 is 8.42 Å². The van der Waals surface area contributed by atoms with Gasteiger partial charge in [0, 0.05) is 35.9 Å². The molecule has 1 atom stereocenters. The highest BCUT2D eigenvalue weighted by molar-refractivity contribution is 7.91. The summed E-state index contributed by atoms with van der Waals surface area (Å²) in [6.07, 6.45) is 2.50. The van der Waals surface area contributed by atoms with E-state index in [0.717, 1.165) is 12.2 Å². The average molecular weight is 329 g/mol. The van der Waals surface area contributed by atoms with Gasteiger partial charge in [0.2, 0.25) is 0 Å². The summed E-state index contributed by atoms with van der Waals surface area (Å²) in [4.78, 5) is 2.18. The molecule has 0 amide bonds. The Morgan fingerprint density at radius 1 is 1.38 bits per heavy atom. The molecule has 6 heteroatoms. The zero-order valence-electron chi connectivity index (χ0n) is 12.2. The van der Waals surface area contributed by atoms with Crippen LogP contribution in [0.25, 0.3) is 0 Å². The number of sulfone groups is 1. The van der Waals surface area contributed by atoms with E-state index in [1.807, 2.05) is 25.1 Å². The van der Waals surface area contributed by atoms with Crippen LogP contribution < -0.4 is 10.2 Å². The molecule has 1 N–H and O–H groups in total. The summed E-state index contributed by atoms with van der Waals surface area (Å²) < 4.78 is 23.5. The van der Waals surface area contributed by atoms with Gasteiger partial charge in [-0.1, -0.05) is 17.7 Å². The molecule has 3 rings (SSSR count). The number of hydrogen-bond acceptors (Lipinski definition) is 4. The minimum Gasteiger partial charge on any atom is -0.366 e. The Morgan fingerprint density at radius 2 is 2.14 bits per heavy atom. The molecule has 0 spiro atoms. The van der Waals surface area contributed by atoms with Gasteiger partial charge in [0.05, 0.1) is 11.5 Å². The number of nitrogens with one attached hydrogen (secondary N) is 1. The molecule has 4 nitrogen and oxygen atoms in total. The fourth-order valence-corrected chi connectivity index (χ4v) is 4.57. The quantitative estimate of drug-likeness (QED) is 0.920. The van der Waals surface area contributed by atoms with Crippen LogP contribution in [0.5, 0.6) is 0 Å². The van der Waals surface area contributed by atoms with Crippen molar-refractivity contribution in [2.75, 3.05) is 23.0 Å². The third kappa shape index (κ3) is 3.71. The zero-order chi connectivity index (χ0) is 15.0. The molecule has 116 valence electrons. The van der Waals surface area contributed by atoms with Crippen molar-refractivity contribution in [1.29, 1.82) is 0 Å². The van der Waals surface area contributed by atoms with Crippen LogP contribution in [0.3, 0.4) is 0 Å². The predicted octanol–water partition coefficient (Wildman–Crippen LogP) is 2.22. The topological polar surface area (TPSA) is 49.4 Å². The summed E-state index contributed by atoms with van der Waals surface area (Å²) in [6.45, 7) is 3.32. The van der Waals surface area contributed by atoms with Gasteiger partial charge in [-0.3, -0.25) is 0 Å². The van der Waals surface area contributed by atoms with Gasteiger partial charge in [-0.25, -0.2) is 8.42 Å². The summed E-state index contributed by atoms with van der Waals surface area (Å²) in [5.41, 5.74) is 2.26. The van der Waals surface area contributed by atoms with E-state index in [1.165, 1.54) is 18.4 Å². The molecule has 1 unspecified atom stereocenters. The van der Waals surface area contributed by atoms with Crippen LogP contribution in [0, 0.1) is 0 Å². The van der Waals surface area contributed by atoms with E-state index in [0.29, 0.717) is 17.6 Å². The molecular formula is C15H21ClN2O2S. The molecule has 1 aliphatic heterocycles. The summed E-state index contributed by atoms with van der Waals surface area (Å²) in [7, 11) is -2.90. The van der Waals surface area contributed by atoms with Gasteiger partial charge in [0.15, 0.2) is 9.84 Å². The second-order valence-corrected chi connectivity index (χ2v) is 8.75. The fraction of sp³-hybridized carbons (Fsp3) is 0.600. The summed E-state index contributed by atoms with van der Waals surface area (Å²) >= 11 is 6.15. The Balaban J connectivity index is 1.83. The zero-order valence-corrected chi connectivity index (χ0v) is 13.8. The second-order valence-electron chi connectivity index (χ2n) is 6.08. The first-order valence-electron chi connectivity index (χ1n) is 7.43. The predicted molar refractivity (Wildman–Crippen MR) is 86.8 cm³/mol. The van der Waals surface area contributed by atoms with E-state index < -0.39 is 9.84 Å². The van der Waals surface area contributed by atoms with Crippen LogP contribution in [0.15, 0.2) is 18.2 Å². The highest BCUT2D eigenvalue weighted by Crippen LogP contribution is 2.29. The molecule has 1 saturated heterocycles. The smallest absolute Gasteiger partial charge is 0.154 e. The maximum absolute atomic E-state index is 11.7. The van der Waals surface area contributed by atoms with Crippen molar-refractivity contribution in [3.05, 3.63) is 28.8 Å². The lowest BCUT2D eigenvalue weighted by Gasteiger charge is -2.36. The maximum atomic E-state index is 11.7. The maximum Gasteiger partial charge on any atom is 0.154 e. The SMILES string of the molecule is CC1CS(=O)(=O)CCN1c1cc(Cl)ccc1CNC1CC1. The molecule has 1 aliphatic carbocycles. The van der Waals surface area contributed by atoms with Crippen molar-refractivity contribution >= 4 is 27.1 Å². The molecule has 1 heterocycles. The van der Waals surface area contributed by atoms with E-state index in [2.05, 4.69) is 10.2 Å². The summed E-state index contributed by atoms with van der Waals surface area (Å²) in [5.74, 6) is 0.439. The molecule has 1 aromatic carbocycles. The van der Waals surface area contributed by atoms with Gasteiger partial charge in [0.1, 0.15) is 0 Å². The number of halogens is 1. The van der Waals surface area contributed by atoms with Crippen molar-refractivity contribution in [2.45, 2.75) is 38.4 Å². The first-order valence-corrected chi connectivity index (χ1v) is 9.63. The lowest BCUT2D eigenvalue weighted by atomic mass is 10.1. The van der Waals surface area contributed by atoms with Crippen LogP contribution in [0.4, 0.5) is 5.69 Å². The Bertz CT molecular complexity index is 629. The first-order chi connectivity index (χ1) is 9.94. The minimum absolute atomic E-state index is 0.0121. The van der Waals surface area contributed by atoms with Crippen molar-refractivity contribution in [1.82, 2.24) is 5.32 Å². The Morgan fingerprint density at radius 3 is 2.81 bits per heavy atom. The molecule has 1 aromatic rings. The number of anilines is 1. The van der Waals surface area contributed by atoms with Crippen molar-refractivity contribution in [3.8, 4) is 0 Å². The van der Waals surface area contributed by atoms with Crippen LogP contribution in [-0.2, 0) is 16.4 Å². The molecule has 2 fully saturated rings. The van der Waals surface area contributed by atoms with Gasteiger partial charge in [-0.15, -0.1) is 0 Å². The van der Waals surface area contributed by atoms with E-state index >= 15 is 0 Å².